The van der Waals surface area contributed by atoms with Crippen LogP contribution in [0.3, 0.4) is 0 Å². The lowest BCUT2D eigenvalue weighted by Crippen LogP contribution is -2.45. The fraction of sp³-hybridized carbons (Fsp3) is 0.308. The van der Waals surface area contributed by atoms with Crippen LogP contribution in [0, 0.1) is 9.49 Å². The van der Waals surface area contributed by atoms with E-state index in [1.54, 1.807) is 38.1 Å². The second-order valence-electron chi connectivity index (χ2n) is 4.40. The Balaban J connectivity index is 2.86. The van der Waals surface area contributed by atoms with Gasteiger partial charge in [-0.3, -0.25) is 10.1 Å². The normalized spacial score (nSPS) is 11.8. The molecule has 0 radical (unpaired) electrons. The highest BCUT2D eigenvalue weighted by Gasteiger charge is 2.28. The van der Waals surface area contributed by atoms with Crippen LogP contribution in [-0.4, -0.2) is 24.0 Å². The van der Waals surface area contributed by atoms with Crippen LogP contribution in [0.25, 0.3) is 0 Å². The molecular weight excluding hydrogens is 375 g/mol. The van der Waals surface area contributed by atoms with Gasteiger partial charge in [-0.25, -0.2) is 9.59 Å². The van der Waals surface area contributed by atoms with Gasteiger partial charge in [0.05, 0.1) is 5.56 Å². The second kappa shape index (κ2) is 7.22. The Kier molecular flexibility index (Phi) is 5.93. The molecule has 0 aliphatic heterocycles. The van der Waals surface area contributed by atoms with Crippen LogP contribution in [0.1, 0.15) is 24.2 Å². The summed E-state index contributed by atoms with van der Waals surface area (Å²) in [6.07, 6.45) is -1.08. The van der Waals surface area contributed by atoms with Gasteiger partial charge in [0.25, 0.3) is 5.91 Å². The van der Waals surface area contributed by atoms with Crippen LogP contribution in [0.2, 0.25) is 0 Å². The van der Waals surface area contributed by atoms with Gasteiger partial charge < -0.3 is 10.5 Å². The predicted molar refractivity (Wildman–Crippen MR) is 80.9 cm³/mol. The fourth-order valence-corrected chi connectivity index (χ4v) is 2.10. The van der Waals surface area contributed by atoms with Crippen molar-refractivity contribution in [2.45, 2.75) is 20.0 Å². The van der Waals surface area contributed by atoms with Crippen molar-refractivity contribution in [1.29, 1.82) is 0 Å². The Morgan fingerprint density at radius 1 is 1.25 bits per heavy atom. The van der Waals surface area contributed by atoms with Crippen LogP contribution in [-0.2, 0) is 9.53 Å². The van der Waals surface area contributed by atoms with Crippen LogP contribution >= 0.6 is 22.6 Å². The zero-order valence-electron chi connectivity index (χ0n) is 11.1. The van der Waals surface area contributed by atoms with Crippen molar-refractivity contribution in [3.63, 3.8) is 0 Å². The molecule has 108 valence electrons. The maximum Gasteiger partial charge on any atom is 0.340 e. The highest BCUT2D eigenvalue weighted by atomic mass is 127. The number of carbonyl (C=O) groups excluding carboxylic acids is 3. The smallest absolute Gasteiger partial charge is 0.340 e. The molecule has 0 aliphatic carbocycles. The second-order valence-corrected chi connectivity index (χ2v) is 5.57. The predicted octanol–water partition coefficient (Wildman–Crippen LogP) is 1.67. The van der Waals surface area contributed by atoms with E-state index in [0.29, 0.717) is 9.13 Å². The summed E-state index contributed by atoms with van der Waals surface area (Å²) in [4.78, 5) is 34.5. The molecule has 1 aromatic carbocycles. The monoisotopic (exact) mass is 390 g/mol. The number of hydrogen-bond donors (Lipinski definition) is 2. The van der Waals surface area contributed by atoms with Crippen molar-refractivity contribution in [2.24, 2.45) is 11.7 Å². The standard InChI is InChI=1S/C13H15IN2O4/c1-7(2)10(11(17)16-13(15)19)20-12(18)8-5-3-4-6-9(8)14/h3-7,10H,1-2H3,(H3,15,16,17,19)/t10-/m0/s1. The Labute approximate surface area is 130 Å². The molecule has 0 saturated carbocycles. The lowest BCUT2D eigenvalue weighted by molar-refractivity contribution is -0.130. The quantitative estimate of drug-likeness (QED) is 0.604. The summed E-state index contributed by atoms with van der Waals surface area (Å²) in [5.41, 5.74) is 5.25. The molecule has 0 fully saturated rings. The van der Waals surface area contributed by atoms with E-state index in [4.69, 9.17) is 10.5 Å². The number of nitrogens with one attached hydrogen (secondary N) is 1. The zero-order valence-corrected chi connectivity index (χ0v) is 13.2. The van der Waals surface area contributed by atoms with E-state index in [1.807, 2.05) is 27.9 Å². The Morgan fingerprint density at radius 2 is 1.85 bits per heavy atom. The number of urea groups is 1. The number of primary amides is 1. The van der Waals surface area contributed by atoms with Crippen LogP contribution in [0.4, 0.5) is 4.79 Å². The Morgan fingerprint density at radius 3 is 2.35 bits per heavy atom. The topological polar surface area (TPSA) is 98.5 Å². The number of carbonyl (C=O) groups is 3. The van der Waals surface area contributed by atoms with Gasteiger partial charge in [0.2, 0.25) is 0 Å². The van der Waals surface area contributed by atoms with Gasteiger partial charge in [-0.2, -0.15) is 0 Å². The Bertz CT molecular complexity index is 531. The lowest BCUT2D eigenvalue weighted by atomic mass is 10.1. The number of esters is 1. The number of ether oxygens (including phenoxy) is 1. The molecule has 0 aromatic heterocycles. The highest BCUT2D eigenvalue weighted by molar-refractivity contribution is 14.1. The van der Waals surface area contributed by atoms with Crippen molar-refractivity contribution >= 4 is 40.5 Å². The third-order valence-corrected chi connectivity index (χ3v) is 3.38. The van der Waals surface area contributed by atoms with Gasteiger partial charge in [-0.15, -0.1) is 0 Å². The Hall–Kier alpha value is -1.64. The SMILES string of the molecule is CC(C)[C@H](OC(=O)c1ccccc1I)C(=O)NC(N)=O. The van der Waals surface area contributed by atoms with Crippen LogP contribution in [0.5, 0.6) is 0 Å². The molecule has 3 amide bonds. The third-order valence-electron chi connectivity index (χ3n) is 2.44. The van der Waals surface area contributed by atoms with Gasteiger partial charge in [0, 0.05) is 3.57 Å². The van der Waals surface area contributed by atoms with E-state index in [1.165, 1.54) is 0 Å². The van der Waals surface area contributed by atoms with E-state index in [9.17, 15) is 14.4 Å². The third kappa shape index (κ3) is 4.48. The first-order valence-corrected chi connectivity index (χ1v) is 6.96. The van der Waals surface area contributed by atoms with Gasteiger partial charge in [-0.1, -0.05) is 26.0 Å². The van der Waals surface area contributed by atoms with E-state index in [0.717, 1.165) is 0 Å². The van der Waals surface area contributed by atoms with Crippen molar-refractivity contribution in [1.82, 2.24) is 5.32 Å². The maximum atomic E-state index is 12.0. The molecule has 1 rings (SSSR count). The minimum atomic E-state index is -1.08. The van der Waals surface area contributed by atoms with Crippen LogP contribution in [0.15, 0.2) is 24.3 Å². The molecule has 0 spiro atoms. The largest absolute Gasteiger partial charge is 0.448 e. The van der Waals surface area contributed by atoms with E-state index >= 15 is 0 Å². The molecule has 1 aromatic rings. The van der Waals surface area contributed by atoms with Crippen molar-refractivity contribution in [3.05, 3.63) is 33.4 Å². The number of hydrogen-bond acceptors (Lipinski definition) is 4. The lowest BCUT2D eigenvalue weighted by Gasteiger charge is -2.20. The van der Waals surface area contributed by atoms with E-state index in [-0.39, 0.29) is 5.92 Å². The summed E-state index contributed by atoms with van der Waals surface area (Å²) in [6.45, 7) is 3.41. The van der Waals surface area contributed by atoms with Gasteiger partial charge in [0.15, 0.2) is 6.10 Å². The fourth-order valence-electron chi connectivity index (χ4n) is 1.49. The summed E-state index contributed by atoms with van der Waals surface area (Å²) in [5, 5.41) is 1.92. The maximum absolute atomic E-state index is 12.0. The van der Waals surface area contributed by atoms with Gasteiger partial charge in [0.1, 0.15) is 0 Å². The first kappa shape index (κ1) is 16.4. The van der Waals surface area contributed by atoms with E-state index in [2.05, 4.69) is 0 Å². The summed E-state index contributed by atoms with van der Waals surface area (Å²) < 4.78 is 5.89. The molecule has 0 aliphatic rings. The summed E-state index contributed by atoms with van der Waals surface area (Å²) >= 11 is 2.00. The number of halogens is 1. The molecule has 0 heterocycles. The van der Waals surface area contributed by atoms with E-state index < -0.39 is 24.0 Å². The van der Waals surface area contributed by atoms with Gasteiger partial charge >= 0.3 is 12.0 Å². The average Bonchev–Trinajstić information content (AvgIpc) is 2.34. The molecule has 0 saturated heterocycles. The van der Waals surface area contributed by atoms with Crippen LogP contribution < -0.4 is 11.1 Å². The molecule has 20 heavy (non-hydrogen) atoms. The molecule has 0 unspecified atom stereocenters. The average molecular weight is 390 g/mol. The zero-order chi connectivity index (χ0) is 15.3. The molecular formula is C13H15IN2O4. The number of imide groups is 1. The summed E-state index contributed by atoms with van der Waals surface area (Å²) in [6, 6.07) is 5.87. The highest BCUT2D eigenvalue weighted by Crippen LogP contribution is 2.16. The number of rotatable bonds is 4. The van der Waals surface area contributed by atoms with Crippen molar-refractivity contribution in [3.8, 4) is 0 Å². The molecule has 6 nitrogen and oxygen atoms in total. The van der Waals surface area contributed by atoms with Crippen molar-refractivity contribution in [2.75, 3.05) is 0 Å². The van der Waals surface area contributed by atoms with Gasteiger partial charge in [-0.05, 0) is 40.6 Å². The molecule has 0 bridgehead atoms. The number of benzene rings is 1. The first-order chi connectivity index (χ1) is 9.32. The minimum absolute atomic E-state index is 0.292. The number of nitrogens with two attached hydrogens (primary N) is 1. The molecule has 1 atom stereocenters. The first-order valence-electron chi connectivity index (χ1n) is 5.88. The molecule has 7 heteroatoms. The number of amides is 3. The minimum Gasteiger partial charge on any atom is -0.448 e. The van der Waals surface area contributed by atoms with Crippen molar-refractivity contribution < 1.29 is 19.1 Å². The summed E-state index contributed by atoms with van der Waals surface area (Å²) in [7, 11) is 0. The summed E-state index contributed by atoms with van der Waals surface area (Å²) in [5.74, 6) is -1.64. The molecule has 3 N–H and O–H groups in total.